The van der Waals surface area contributed by atoms with E-state index in [0.717, 1.165) is 51.6 Å². The third-order valence-corrected chi connectivity index (χ3v) is 12.0. The number of carbonyl (C=O) groups is 1. The Labute approximate surface area is 320 Å². The van der Waals surface area contributed by atoms with Crippen LogP contribution in [0.2, 0.25) is 5.02 Å². The number of hydrogen-bond acceptors (Lipinski definition) is 8. The second kappa shape index (κ2) is 15.5. The van der Waals surface area contributed by atoms with Gasteiger partial charge in [-0.15, -0.1) is 0 Å². The van der Waals surface area contributed by atoms with Crippen molar-refractivity contribution in [3.05, 3.63) is 160 Å². The first kappa shape index (κ1) is 37.1. The second-order valence-corrected chi connectivity index (χ2v) is 16.0. The molecule has 0 bridgehead atoms. The molecule has 0 aliphatic heterocycles. The smallest absolute Gasteiger partial charge is 0.289 e. The number of fused-ring (bicyclic) bond motifs is 1. The van der Waals surface area contributed by atoms with Gasteiger partial charge in [0.1, 0.15) is 17.4 Å². The molecule has 0 saturated carbocycles. The van der Waals surface area contributed by atoms with Crippen molar-refractivity contribution in [3.8, 4) is 16.9 Å². The fourth-order valence-corrected chi connectivity index (χ4v) is 9.09. The van der Waals surface area contributed by atoms with E-state index in [2.05, 4.69) is 36.6 Å². The summed E-state index contributed by atoms with van der Waals surface area (Å²) in [7, 11) is -4.52. The molecule has 0 aromatic heterocycles. The van der Waals surface area contributed by atoms with Crippen molar-refractivity contribution in [1.29, 1.82) is 0 Å². The molecule has 1 N–H and O–H groups in total. The molecule has 1 aliphatic carbocycles. The molecule has 6 rings (SSSR count). The zero-order valence-corrected chi connectivity index (χ0v) is 31.7. The number of halogens is 3. The van der Waals surface area contributed by atoms with Crippen LogP contribution < -0.4 is 9.46 Å². The Kier molecular flexibility index (Phi) is 11.1. The molecule has 266 valence electrons. The summed E-state index contributed by atoms with van der Waals surface area (Å²) >= 11 is 13.2. The number of nitrogens with zero attached hydrogens (tertiary/aromatic N) is 2. The summed E-state index contributed by atoms with van der Waals surface area (Å²) in [5.74, 6) is -1.52. The van der Waals surface area contributed by atoms with Gasteiger partial charge >= 0.3 is 0 Å². The topological polar surface area (TPSA) is 159 Å². The van der Waals surface area contributed by atoms with Gasteiger partial charge in [0.25, 0.3) is 21.4 Å². The van der Waals surface area contributed by atoms with Crippen molar-refractivity contribution in [2.24, 2.45) is 11.8 Å². The summed E-state index contributed by atoms with van der Waals surface area (Å²) in [6, 6.07) is 28.9. The Morgan fingerprint density at radius 2 is 1.50 bits per heavy atom. The fourth-order valence-electron chi connectivity index (χ4n) is 6.26. The van der Waals surface area contributed by atoms with E-state index in [1.165, 1.54) is 12.1 Å². The maximum absolute atomic E-state index is 13.8. The van der Waals surface area contributed by atoms with Gasteiger partial charge in [0.05, 0.1) is 23.7 Å². The zero-order chi connectivity index (χ0) is 37.2. The van der Waals surface area contributed by atoms with Crippen LogP contribution in [0.3, 0.4) is 0 Å². The number of nitrogens with one attached hydrogen (secondary N) is 1. The molecule has 1 aliphatic rings. The lowest BCUT2D eigenvalue weighted by Crippen LogP contribution is -2.42. The van der Waals surface area contributed by atoms with Crippen LogP contribution >= 0.6 is 43.5 Å². The molecule has 1 unspecified atom stereocenters. The average Bonchev–Trinajstić information content (AvgIpc) is 3.12. The standard InChI is InChI=1S/C37H28Br2ClN3O8S/c38-32-19-27-18-31(37(44)41-52(49,50)29-14-15-33(40)34(20-29)43(47)48)26(16-22-8-12-28(13-9-22)42(45)46)17-30(27)35(39)36(32)51-21-23-6-10-25(11-7-23)24-4-2-1-3-5-24/h1-15,19-20,26,31H,16-18,21H2,(H,41,44)/t26?,31-/m1/s1. The van der Waals surface area contributed by atoms with Crippen molar-refractivity contribution in [3.63, 3.8) is 0 Å². The Morgan fingerprint density at radius 1 is 0.846 bits per heavy atom. The van der Waals surface area contributed by atoms with E-state index in [9.17, 15) is 33.4 Å². The first-order valence-electron chi connectivity index (χ1n) is 15.8. The number of amides is 1. The van der Waals surface area contributed by atoms with E-state index in [1.54, 1.807) is 12.1 Å². The van der Waals surface area contributed by atoms with E-state index >= 15 is 0 Å². The van der Waals surface area contributed by atoms with Crippen LogP contribution in [0.5, 0.6) is 5.75 Å². The van der Waals surface area contributed by atoms with Crippen molar-refractivity contribution in [2.45, 2.75) is 30.8 Å². The van der Waals surface area contributed by atoms with Crippen molar-refractivity contribution in [1.82, 2.24) is 4.72 Å². The number of rotatable bonds is 11. The summed E-state index contributed by atoms with van der Waals surface area (Å²) < 4.78 is 36.4. The lowest BCUT2D eigenvalue weighted by molar-refractivity contribution is -0.385. The molecular weight excluding hydrogens is 842 g/mol. The molecule has 52 heavy (non-hydrogen) atoms. The predicted molar refractivity (Wildman–Crippen MR) is 203 cm³/mol. The minimum atomic E-state index is -4.52. The van der Waals surface area contributed by atoms with Gasteiger partial charge in [0.15, 0.2) is 0 Å². The number of carbonyl (C=O) groups excluding carboxylic acids is 1. The number of non-ortho nitro benzene ring substituents is 1. The molecule has 0 saturated heterocycles. The zero-order valence-electron chi connectivity index (χ0n) is 27.0. The Morgan fingerprint density at radius 3 is 2.15 bits per heavy atom. The normalized spacial score (nSPS) is 15.4. The van der Waals surface area contributed by atoms with Crippen molar-refractivity contribution < 1.29 is 27.8 Å². The minimum Gasteiger partial charge on any atom is -0.487 e. The number of benzene rings is 5. The van der Waals surface area contributed by atoms with E-state index in [-0.39, 0.29) is 23.7 Å². The molecule has 15 heteroatoms. The van der Waals surface area contributed by atoms with Crippen molar-refractivity contribution >= 4 is 70.8 Å². The highest BCUT2D eigenvalue weighted by Gasteiger charge is 2.38. The molecule has 0 heterocycles. The first-order chi connectivity index (χ1) is 24.8. The third kappa shape index (κ3) is 8.20. The van der Waals surface area contributed by atoms with E-state index in [0.29, 0.717) is 27.5 Å². The van der Waals surface area contributed by atoms with Gasteiger partial charge in [0, 0.05) is 24.1 Å². The van der Waals surface area contributed by atoms with Gasteiger partial charge in [-0.1, -0.05) is 78.3 Å². The van der Waals surface area contributed by atoms with E-state index in [1.807, 2.05) is 60.7 Å². The Bertz CT molecular complexity index is 2290. The summed E-state index contributed by atoms with van der Waals surface area (Å²) in [5, 5.41) is 22.4. The van der Waals surface area contributed by atoms with Crippen LogP contribution in [-0.4, -0.2) is 24.2 Å². The molecule has 11 nitrogen and oxygen atoms in total. The summed E-state index contributed by atoms with van der Waals surface area (Å²) in [4.78, 5) is 34.7. The number of hydrogen-bond donors (Lipinski definition) is 1. The quantitative estimate of drug-likeness (QED) is 0.102. The molecule has 1 amide bonds. The van der Waals surface area contributed by atoms with Gasteiger partial charge in [0.2, 0.25) is 5.91 Å². The molecule has 5 aromatic carbocycles. The fraction of sp³-hybridized carbons (Fsp3) is 0.162. The lowest BCUT2D eigenvalue weighted by atomic mass is 9.73. The molecule has 2 atom stereocenters. The van der Waals surface area contributed by atoms with E-state index in [4.69, 9.17) is 16.3 Å². The maximum Gasteiger partial charge on any atom is 0.289 e. The summed E-state index contributed by atoms with van der Waals surface area (Å²) in [6.45, 7) is 0.281. The number of nitro groups is 2. The highest BCUT2D eigenvalue weighted by Crippen LogP contribution is 2.44. The van der Waals surface area contributed by atoms with E-state index < -0.39 is 48.2 Å². The summed E-state index contributed by atoms with van der Waals surface area (Å²) in [6.07, 6.45) is 0.800. The van der Waals surface area contributed by atoms with Crippen LogP contribution in [0, 0.1) is 32.1 Å². The van der Waals surface area contributed by atoms with Gasteiger partial charge in [-0.05, 0) is 109 Å². The Hall–Kier alpha value is -4.63. The maximum atomic E-state index is 13.8. The molecular formula is C37H28Br2ClN3O8S. The highest BCUT2D eigenvalue weighted by atomic mass is 79.9. The number of ether oxygens (including phenoxy) is 1. The number of nitro benzene ring substituents is 2. The number of sulfonamides is 1. The van der Waals surface area contributed by atoms with Crippen LogP contribution in [0.15, 0.2) is 117 Å². The average molecular weight is 870 g/mol. The Balaban J connectivity index is 1.27. The largest absolute Gasteiger partial charge is 0.487 e. The van der Waals surface area contributed by atoms with Gasteiger partial charge < -0.3 is 4.74 Å². The van der Waals surface area contributed by atoms with Crippen molar-refractivity contribution in [2.75, 3.05) is 0 Å². The highest BCUT2D eigenvalue weighted by molar-refractivity contribution is 9.11. The lowest BCUT2D eigenvalue weighted by Gasteiger charge is -2.33. The molecule has 0 spiro atoms. The minimum absolute atomic E-state index is 0.0840. The van der Waals surface area contributed by atoms with Crippen LogP contribution in [-0.2, 0) is 40.7 Å². The van der Waals surface area contributed by atoms with Gasteiger partial charge in [-0.25, -0.2) is 13.1 Å². The molecule has 0 fully saturated rings. The second-order valence-electron chi connectivity index (χ2n) is 12.2. The molecule has 0 radical (unpaired) electrons. The van der Waals surface area contributed by atoms with Gasteiger partial charge in [-0.2, -0.15) is 0 Å². The third-order valence-electron chi connectivity index (χ3n) is 8.93. The first-order valence-corrected chi connectivity index (χ1v) is 19.3. The van der Waals surface area contributed by atoms with Gasteiger partial charge in [-0.3, -0.25) is 25.0 Å². The molecule has 5 aromatic rings. The van der Waals surface area contributed by atoms with Crippen LogP contribution in [0.1, 0.15) is 22.3 Å². The monoisotopic (exact) mass is 867 g/mol. The van der Waals surface area contributed by atoms with Crippen LogP contribution in [0.4, 0.5) is 11.4 Å². The SMILES string of the molecule is O=C(NS(=O)(=O)c1ccc(Cl)c([N+](=O)[O-])c1)[C@@H]1Cc2cc(Br)c(OCc3ccc(-c4ccccc4)cc3)c(Br)c2CC1Cc1ccc([N+](=O)[O-])cc1. The van der Waals surface area contributed by atoms with Crippen LogP contribution in [0.25, 0.3) is 11.1 Å². The summed E-state index contributed by atoms with van der Waals surface area (Å²) in [5.41, 5.74) is 4.84. The predicted octanol–water partition coefficient (Wildman–Crippen LogP) is 9.01.